The van der Waals surface area contributed by atoms with Crippen LogP contribution in [0.1, 0.15) is 6.42 Å². The van der Waals surface area contributed by atoms with Crippen LogP contribution in [0.25, 0.3) is 10.3 Å². The molecule has 0 aliphatic carbocycles. The van der Waals surface area contributed by atoms with E-state index in [-0.39, 0.29) is 6.04 Å². The number of rotatable bonds is 3. The highest BCUT2D eigenvalue weighted by Gasteiger charge is 2.27. The standard InChI is InChI=1S/C15H20N6O3S/c16-10-7-11-12(19-14(25-11)20-3-5-24-6-4-20)18-13(10)21-2-1-9(8-21)17-15(22)23/h7,9,17H,1-6,8,16H2,(H,22,23)/t9-/m0/s1. The monoisotopic (exact) mass is 364 g/mol. The third-order valence-electron chi connectivity index (χ3n) is 4.48. The van der Waals surface area contributed by atoms with Crippen LogP contribution in [0.5, 0.6) is 0 Å². The number of thiazole rings is 1. The van der Waals surface area contributed by atoms with E-state index in [0.29, 0.717) is 43.5 Å². The summed E-state index contributed by atoms with van der Waals surface area (Å²) < 4.78 is 6.34. The molecule has 0 bridgehead atoms. The molecule has 0 radical (unpaired) electrons. The number of nitrogens with two attached hydrogens (primary N) is 1. The lowest BCUT2D eigenvalue weighted by Crippen LogP contribution is -2.36. The van der Waals surface area contributed by atoms with Crippen LogP contribution in [0, 0.1) is 0 Å². The SMILES string of the molecule is Nc1cc2sc(N3CCOCC3)nc2nc1N1CC[C@H](NC(=O)O)C1. The lowest BCUT2D eigenvalue weighted by molar-refractivity contribution is 0.122. The zero-order valence-electron chi connectivity index (χ0n) is 13.6. The first-order chi connectivity index (χ1) is 12.1. The minimum absolute atomic E-state index is 0.103. The van der Waals surface area contributed by atoms with Gasteiger partial charge < -0.3 is 30.7 Å². The smallest absolute Gasteiger partial charge is 0.404 e. The van der Waals surface area contributed by atoms with Crippen LogP contribution < -0.4 is 20.9 Å². The summed E-state index contributed by atoms with van der Waals surface area (Å²) in [5.41, 5.74) is 7.49. The van der Waals surface area contributed by atoms with Crippen molar-refractivity contribution in [1.29, 1.82) is 0 Å². The Morgan fingerprint density at radius 2 is 2.12 bits per heavy atom. The number of aromatic nitrogens is 2. The third-order valence-corrected chi connectivity index (χ3v) is 5.53. The topological polar surface area (TPSA) is 117 Å². The van der Waals surface area contributed by atoms with Crippen molar-refractivity contribution in [2.75, 3.05) is 54.9 Å². The van der Waals surface area contributed by atoms with E-state index < -0.39 is 6.09 Å². The van der Waals surface area contributed by atoms with Crippen LogP contribution in [0.2, 0.25) is 0 Å². The van der Waals surface area contributed by atoms with Crippen LogP contribution in [0.4, 0.5) is 21.4 Å². The van der Waals surface area contributed by atoms with Crippen molar-refractivity contribution in [3.63, 3.8) is 0 Å². The maximum Gasteiger partial charge on any atom is 0.404 e. The predicted octanol–water partition coefficient (Wildman–Crippen LogP) is 0.956. The highest BCUT2D eigenvalue weighted by atomic mass is 32.1. The van der Waals surface area contributed by atoms with Gasteiger partial charge in [0.2, 0.25) is 0 Å². The molecular weight excluding hydrogens is 344 g/mol. The molecule has 0 unspecified atom stereocenters. The van der Waals surface area contributed by atoms with Crippen molar-refractivity contribution < 1.29 is 14.6 Å². The van der Waals surface area contributed by atoms with Gasteiger partial charge in [0.15, 0.2) is 16.6 Å². The highest BCUT2D eigenvalue weighted by Crippen LogP contribution is 2.34. The number of carbonyl (C=O) groups is 1. The normalized spacial score (nSPS) is 21.0. The Kier molecular flexibility index (Phi) is 4.22. The fraction of sp³-hybridized carbons (Fsp3) is 0.533. The number of nitrogens with zero attached hydrogens (tertiary/aromatic N) is 4. The Morgan fingerprint density at radius 1 is 1.32 bits per heavy atom. The van der Waals surface area contributed by atoms with Gasteiger partial charge in [-0.15, -0.1) is 0 Å². The molecular formula is C15H20N6O3S. The molecule has 2 aromatic heterocycles. The number of nitrogens with one attached hydrogen (secondary N) is 1. The molecule has 2 saturated heterocycles. The maximum absolute atomic E-state index is 10.8. The third kappa shape index (κ3) is 3.27. The molecule has 1 amide bonds. The first kappa shape index (κ1) is 16.2. The van der Waals surface area contributed by atoms with E-state index in [1.807, 2.05) is 11.0 Å². The van der Waals surface area contributed by atoms with E-state index in [1.54, 1.807) is 11.3 Å². The van der Waals surface area contributed by atoms with Crippen molar-refractivity contribution in [2.24, 2.45) is 0 Å². The summed E-state index contributed by atoms with van der Waals surface area (Å²) in [6, 6.07) is 1.81. The zero-order valence-corrected chi connectivity index (χ0v) is 14.5. The molecule has 9 nitrogen and oxygen atoms in total. The Morgan fingerprint density at radius 3 is 2.88 bits per heavy atom. The van der Waals surface area contributed by atoms with Gasteiger partial charge in [-0.05, 0) is 12.5 Å². The van der Waals surface area contributed by atoms with E-state index >= 15 is 0 Å². The van der Waals surface area contributed by atoms with Crippen LogP contribution in [-0.2, 0) is 4.74 Å². The van der Waals surface area contributed by atoms with Gasteiger partial charge in [0.25, 0.3) is 0 Å². The average Bonchev–Trinajstić information content (AvgIpc) is 3.20. The first-order valence-corrected chi connectivity index (χ1v) is 9.06. The van der Waals surface area contributed by atoms with Gasteiger partial charge in [-0.3, -0.25) is 0 Å². The van der Waals surface area contributed by atoms with E-state index in [0.717, 1.165) is 29.3 Å². The number of ether oxygens (including phenoxy) is 1. The Balaban J connectivity index is 1.58. The molecule has 0 spiro atoms. The van der Waals surface area contributed by atoms with Crippen molar-refractivity contribution in [2.45, 2.75) is 12.5 Å². The van der Waals surface area contributed by atoms with Crippen molar-refractivity contribution in [3.8, 4) is 0 Å². The summed E-state index contributed by atoms with van der Waals surface area (Å²) in [5.74, 6) is 0.681. The van der Waals surface area contributed by atoms with Gasteiger partial charge in [0.05, 0.1) is 29.6 Å². The number of anilines is 3. The molecule has 2 fully saturated rings. The second-order valence-electron chi connectivity index (χ2n) is 6.20. The van der Waals surface area contributed by atoms with Crippen molar-refractivity contribution in [1.82, 2.24) is 15.3 Å². The van der Waals surface area contributed by atoms with E-state index in [4.69, 9.17) is 15.6 Å². The van der Waals surface area contributed by atoms with E-state index in [1.165, 1.54) is 0 Å². The molecule has 0 aromatic carbocycles. The largest absolute Gasteiger partial charge is 0.465 e. The molecule has 4 N–H and O–H groups in total. The molecule has 4 heterocycles. The molecule has 2 aliphatic rings. The number of amides is 1. The van der Waals surface area contributed by atoms with Gasteiger partial charge in [-0.2, -0.15) is 4.98 Å². The first-order valence-electron chi connectivity index (χ1n) is 8.24. The molecule has 2 aromatic rings. The van der Waals surface area contributed by atoms with Crippen LogP contribution in [0.3, 0.4) is 0 Å². The predicted molar refractivity (Wildman–Crippen MR) is 96.6 cm³/mol. The number of hydrogen-bond donors (Lipinski definition) is 3. The number of hydrogen-bond acceptors (Lipinski definition) is 8. The second kappa shape index (κ2) is 6.52. The van der Waals surface area contributed by atoms with Gasteiger partial charge in [0.1, 0.15) is 0 Å². The fourth-order valence-electron chi connectivity index (χ4n) is 3.25. The van der Waals surface area contributed by atoms with Crippen LogP contribution in [0.15, 0.2) is 6.07 Å². The summed E-state index contributed by atoms with van der Waals surface area (Å²) in [6.07, 6.45) is -0.264. The lowest BCUT2D eigenvalue weighted by Gasteiger charge is -2.25. The minimum atomic E-state index is -1.00. The Labute approximate surface area is 148 Å². The quantitative estimate of drug-likeness (QED) is 0.737. The Hall–Kier alpha value is -2.33. The van der Waals surface area contributed by atoms with Crippen molar-refractivity contribution >= 4 is 44.4 Å². The summed E-state index contributed by atoms with van der Waals surface area (Å²) in [6.45, 7) is 4.36. The molecule has 2 aliphatic heterocycles. The maximum atomic E-state index is 10.8. The summed E-state index contributed by atoms with van der Waals surface area (Å²) in [4.78, 5) is 24.3. The van der Waals surface area contributed by atoms with Gasteiger partial charge in [0, 0.05) is 26.2 Å². The molecule has 0 saturated carbocycles. The van der Waals surface area contributed by atoms with Crippen LogP contribution in [-0.4, -0.2) is 66.6 Å². The fourth-order valence-corrected chi connectivity index (χ4v) is 4.25. The average molecular weight is 364 g/mol. The summed E-state index contributed by atoms with van der Waals surface area (Å²) in [5, 5.41) is 12.3. The zero-order chi connectivity index (χ0) is 17.4. The van der Waals surface area contributed by atoms with Gasteiger partial charge in [-0.25, -0.2) is 9.78 Å². The summed E-state index contributed by atoms with van der Waals surface area (Å²) >= 11 is 1.59. The molecule has 10 heteroatoms. The number of pyridine rings is 1. The molecule has 25 heavy (non-hydrogen) atoms. The van der Waals surface area contributed by atoms with Crippen LogP contribution >= 0.6 is 11.3 Å². The number of morpholine rings is 1. The van der Waals surface area contributed by atoms with E-state index in [2.05, 4.69) is 20.2 Å². The van der Waals surface area contributed by atoms with Crippen molar-refractivity contribution in [3.05, 3.63) is 6.07 Å². The molecule has 1 atom stereocenters. The summed E-state index contributed by atoms with van der Waals surface area (Å²) in [7, 11) is 0. The molecule has 134 valence electrons. The number of nitrogen functional groups attached to an aromatic ring is 1. The second-order valence-corrected chi connectivity index (χ2v) is 7.21. The highest BCUT2D eigenvalue weighted by molar-refractivity contribution is 7.22. The van der Waals surface area contributed by atoms with Gasteiger partial charge in [-0.1, -0.05) is 11.3 Å². The Bertz CT molecular complexity index is 791. The minimum Gasteiger partial charge on any atom is -0.465 e. The van der Waals surface area contributed by atoms with Gasteiger partial charge >= 0.3 is 6.09 Å². The van der Waals surface area contributed by atoms with E-state index in [9.17, 15) is 4.79 Å². The lowest BCUT2D eigenvalue weighted by atomic mass is 10.3. The number of fused-ring (bicyclic) bond motifs is 1. The number of carboxylic acid groups (broad SMARTS) is 1. The molecule has 4 rings (SSSR count).